The molecule has 2 unspecified atom stereocenters. The van der Waals surface area contributed by atoms with E-state index in [2.05, 4.69) is 5.32 Å². The Morgan fingerprint density at radius 2 is 2.31 bits per heavy atom. The first-order valence-corrected chi connectivity index (χ1v) is 6.30. The highest BCUT2D eigenvalue weighted by Gasteiger charge is 2.46. The van der Waals surface area contributed by atoms with Crippen molar-refractivity contribution in [3.8, 4) is 0 Å². The molecule has 16 heavy (non-hydrogen) atoms. The zero-order valence-electron chi connectivity index (χ0n) is 10.4. The number of nitrogens with two attached hydrogens (primary N) is 1. The fourth-order valence-electron chi connectivity index (χ4n) is 2.80. The summed E-state index contributed by atoms with van der Waals surface area (Å²) in [6.07, 6.45) is 3.94. The average molecular weight is 228 g/mol. The fourth-order valence-corrected chi connectivity index (χ4v) is 2.80. The summed E-state index contributed by atoms with van der Waals surface area (Å²) < 4.78 is 5.37. The summed E-state index contributed by atoms with van der Waals surface area (Å²) in [7, 11) is 0. The van der Waals surface area contributed by atoms with Crippen LogP contribution in [-0.4, -0.2) is 31.2 Å². The van der Waals surface area contributed by atoms with E-state index in [0.717, 1.165) is 45.4 Å². The van der Waals surface area contributed by atoms with Crippen LogP contribution in [0.2, 0.25) is 0 Å². The second-order valence-electron chi connectivity index (χ2n) is 4.44. The number of carbonyl (C=O) groups is 1. The van der Waals surface area contributed by atoms with Gasteiger partial charge in [0.15, 0.2) is 0 Å². The van der Waals surface area contributed by atoms with Crippen molar-refractivity contribution >= 4 is 5.91 Å². The van der Waals surface area contributed by atoms with Crippen LogP contribution < -0.4 is 11.1 Å². The number of amides is 1. The fraction of sp³-hybridized carbons (Fsp3) is 0.917. The molecular weight excluding hydrogens is 204 g/mol. The van der Waals surface area contributed by atoms with Gasteiger partial charge in [-0.3, -0.25) is 4.79 Å². The van der Waals surface area contributed by atoms with Crippen LogP contribution >= 0.6 is 0 Å². The van der Waals surface area contributed by atoms with Gasteiger partial charge >= 0.3 is 0 Å². The summed E-state index contributed by atoms with van der Waals surface area (Å²) in [5.41, 5.74) is 5.09. The molecule has 1 amide bonds. The van der Waals surface area contributed by atoms with E-state index in [-0.39, 0.29) is 5.91 Å². The van der Waals surface area contributed by atoms with Gasteiger partial charge in [0.05, 0.1) is 0 Å². The summed E-state index contributed by atoms with van der Waals surface area (Å²) >= 11 is 0. The third-order valence-corrected chi connectivity index (χ3v) is 3.57. The van der Waals surface area contributed by atoms with Gasteiger partial charge in [0.25, 0.3) is 0 Å². The third kappa shape index (κ3) is 2.74. The monoisotopic (exact) mass is 228 g/mol. The normalized spacial score (nSPS) is 29.5. The lowest BCUT2D eigenvalue weighted by Crippen LogP contribution is -2.58. The molecule has 1 saturated carbocycles. The molecule has 2 atom stereocenters. The van der Waals surface area contributed by atoms with Gasteiger partial charge < -0.3 is 15.8 Å². The van der Waals surface area contributed by atoms with Crippen molar-refractivity contribution in [2.45, 2.75) is 45.1 Å². The average Bonchev–Trinajstić information content (AvgIpc) is 2.64. The predicted molar refractivity (Wildman–Crippen MR) is 64.1 cm³/mol. The zero-order valence-corrected chi connectivity index (χ0v) is 10.4. The second kappa shape index (κ2) is 6.21. The molecule has 1 rings (SSSR count). The molecule has 0 spiro atoms. The van der Waals surface area contributed by atoms with E-state index in [4.69, 9.17) is 10.5 Å². The predicted octanol–water partition coefficient (Wildman–Crippen LogP) is 1.05. The highest BCUT2D eigenvalue weighted by Crippen LogP contribution is 2.37. The van der Waals surface area contributed by atoms with E-state index >= 15 is 0 Å². The van der Waals surface area contributed by atoms with Crippen LogP contribution in [-0.2, 0) is 9.53 Å². The molecule has 94 valence electrons. The van der Waals surface area contributed by atoms with E-state index in [1.807, 2.05) is 13.8 Å². The molecule has 0 aromatic carbocycles. The minimum atomic E-state index is -0.480. The maximum absolute atomic E-state index is 11.7. The van der Waals surface area contributed by atoms with Crippen LogP contribution in [0.25, 0.3) is 0 Å². The molecule has 1 aliphatic rings. The van der Waals surface area contributed by atoms with Crippen molar-refractivity contribution < 1.29 is 9.53 Å². The van der Waals surface area contributed by atoms with Crippen molar-refractivity contribution in [3.63, 3.8) is 0 Å². The first-order valence-electron chi connectivity index (χ1n) is 6.30. The lowest BCUT2D eigenvalue weighted by molar-refractivity contribution is -0.126. The Morgan fingerprint density at radius 1 is 1.56 bits per heavy atom. The molecule has 0 aromatic heterocycles. The number of nitrogens with one attached hydrogen (secondary N) is 1. The van der Waals surface area contributed by atoms with E-state index in [9.17, 15) is 4.79 Å². The van der Waals surface area contributed by atoms with Crippen LogP contribution in [0, 0.1) is 5.92 Å². The standard InChI is InChI=1S/C12H24N2O2/c1-3-14-12(11(13)15)8-5-6-10(12)7-9-16-4-2/h10,14H,3-9H2,1-2H3,(H2,13,15). The van der Waals surface area contributed by atoms with Crippen LogP contribution in [0.4, 0.5) is 0 Å². The Morgan fingerprint density at radius 3 is 2.88 bits per heavy atom. The molecule has 0 aliphatic heterocycles. The smallest absolute Gasteiger partial charge is 0.238 e. The molecular formula is C12H24N2O2. The van der Waals surface area contributed by atoms with E-state index in [0.29, 0.717) is 5.92 Å². The molecule has 0 heterocycles. The zero-order chi connectivity index (χ0) is 12.0. The van der Waals surface area contributed by atoms with Crippen LogP contribution in [0.3, 0.4) is 0 Å². The Kier molecular flexibility index (Phi) is 5.22. The van der Waals surface area contributed by atoms with Crippen LogP contribution in [0.1, 0.15) is 39.5 Å². The van der Waals surface area contributed by atoms with Gasteiger partial charge in [-0.05, 0) is 38.6 Å². The van der Waals surface area contributed by atoms with Gasteiger partial charge in [0, 0.05) is 13.2 Å². The second-order valence-corrected chi connectivity index (χ2v) is 4.44. The first-order chi connectivity index (χ1) is 7.67. The van der Waals surface area contributed by atoms with Gasteiger partial charge in [-0.1, -0.05) is 13.3 Å². The number of rotatable bonds is 7. The van der Waals surface area contributed by atoms with Gasteiger partial charge in [-0.2, -0.15) is 0 Å². The summed E-state index contributed by atoms with van der Waals surface area (Å²) in [5.74, 6) is 0.129. The molecule has 4 heteroatoms. The molecule has 0 saturated heterocycles. The van der Waals surface area contributed by atoms with E-state index in [1.54, 1.807) is 0 Å². The quantitative estimate of drug-likeness (QED) is 0.640. The summed E-state index contributed by atoms with van der Waals surface area (Å²) in [5, 5.41) is 3.30. The van der Waals surface area contributed by atoms with Gasteiger partial charge in [0.2, 0.25) is 5.91 Å². The molecule has 0 aromatic rings. The Labute approximate surface area is 97.9 Å². The highest BCUT2D eigenvalue weighted by molar-refractivity contribution is 5.85. The van der Waals surface area contributed by atoms with E-state index in [1.165, 1.54) is 0 Å². The van der Waals surface area contributed by atoms with Gasteiger partial charge in [-0.25, -0.2) is 0 Å². The molecule has 3 N–H and O–H groups in total. The SMILES string of the molecule is CCNC1(C(N)=O)CCCC1CCOCC. The summed E-state index contributed by atoms with van der Waals surface area (Å²) in [6.45, 7) is 6.25. The van der Waals surface area contributed by atoms with Crippen LogP contribution in [0.5, 0.6) is 0 Å². The van der Waals surface area contributed by atoms with Crippen molar-refractivity contribution in [1.29, 1.82) is 0 Å². The van der Waals surface area contributed by atoms with Gasteiger partial charge in [0.1, 0.15) is 5.54 Å². The van der Waals surface area contributed by atoms with Crippen molar-refractivity contribution in [2.75, 3.05) is 19.8 Å². The highest BCUT2D eigenvalue weighted by atomic mass is 16.5. The summed E-state index contributed by atoms with van der Waals surface area (Å²) in [6, 6.07) is 0. The van der Waals surface area contributed by atoms with Gasteiger partial charge in [-0.15, -0.1) is 0 Å². The number of hydrogen-bond donors (Lipinski definition) is 2. The topological polar surface area (TPSA) is 64.3 Å². The lowest BCUT2D eigenvalue weighted by Gasteiger charge is -2.33. The molecule has 1 aliphatic carbocycles. The van der Waals surface area contributed by atoms with Crippen LogP contribution in [0.15, 0.2) is 0 Å². The molecule has 0 bridgehead atoms. The van der Waals surface area contributed by atoms with E-state index < -0.39 is 5.54 Å². The lowest BCUT2D eigenvalue weighted by atomic mass is 9.84. The minimum absolute atomic E-state index is 0.201. The Hall–Kier alpha value is -0.610. The van der Waals surface area contributed by atoms with Crippen molar-refractivity contribution in [3.05, 3.63) is 0 Å². The number of hydrogen-bond acceptors (Lipinski definition) is 3. The summed E-state index contributed by atoms with van der Waals surface area (Å²) in [4.78, 5) is 11.7. The number of likely N-dealkylation sites (N-methyl/N-ethyl adjacent to an activating group) is 1. The molecule has 4 nitrogen and oxygen atoms in total. The largest absolute Gasteiger partial charge is 0.382 e. The third-order valence-electron chi connectivity index (χ3n) is 3.57. The molecule has 0 radical (unpaired) electrons. The maximum Gasteiger partial charge on any atom is 0.238 e. The number of carbonyl (C=O) groups excluding carboxylic acids is 1. The van der Waals surface area contributed by atoms with Crippen molar-refractivity contribution in [1.82, 2.24) is 5.32 Å². The first kappa shape index (κ1) is 13.5. The Balaban J connectivity index is 2.62. The maximum atomic E-state index is 11.7. The minimum Gasteiger partial charge on any atom is -0.382 e. The van der Waals surface area contributed by atoms with Crippen molar-refractivity contribution in [2.24, 2.45) is 11.7 Å². The number of primary amides is 1. The molecule has 1 fully saturated rings. The number of ether oxygens (including phenoxy) is 1. The Bertz CT molecular complexity index is 233.